The molecule has 1 aliphatic heterocycles. The highest BCUT2D eigenvalue weighted by Crippen LogP contribution is 2.36. The zero-order valence-corrected chi connectivity index (χ0v) is 16.7. The summed E-state index contributed by atoms with van der Waals surface area (Å²) in [6, 6.07) is 12.5. The van der Waals surface area contributed by atoms with Crippen LogP contribution in [0.3, 0.4) is 0 Å². The number of carbonyl (C=O) groups excluding carboxylic acids is 2. The van der Waals surface area contributed by atoms with E-state index in [-0.39, 0.29) is 17.6 Å². The Balaban J connectivity index is 1.67. The van der Waals surface area contributed by atoms with E-state index < -0.39 is 0 Å². The Hall–Kier alpha value is -3.15. The molecule has 0 saturated carbocycles. The van der Waals surface area contributed by atoms with E-state index in [2.05, 4.69) is 11.4 Å². The molecule has 0 atom stereocenters. The lowest BCUT2D eigenvalue weighted by atomic mass is 10.1. The predicted octanol–water partition coefficient (Wildman–Crippen LogP) is 3.73. The van der Waals surface area contributed by atoms with Crippen LogP contribution in [0.25, 0.3) is 10.9 Å². The molecule has 1 aliphatic rings. The molecule has 1 N–H and O–H groups in total. The molecule has 2 aromatic carbocycles. The Morgan fingerprint density at radius 3 is 2.72 bits per heavy atom. The Labute approximate surface area is 169 Å². The summed E-state index contributed by atoms with van der Waals surface area (Å²) in [6.45, 7) is 3.07. The van der Waals surface area contributed by atoms with Crippen molar-refractivity contribution in [3.63, 3.8) is 0 Å². The molecular formula is C23H24FN3O2. The van der Waals surface area contributed by atoms with Crippen molar-refractivity contribution in [3.05, 3.63) is 65.1 Å². The molecule has 2 amide bonds. The summed E-state index contributed by atoms with van der Waals surface area (Å²) in [5.74, 6) is -0.675. The number of benzene rings is 2. The largest absolute Gasteiger partial charge is 0.350 e. The van der Waals surface area contributed by atoms with Gasteiger partial charge in [0.25, 0.3) is 5.91 Å². The van der Waals surface area contributed by atoms with E-state index in [1.54, 1.807) is 22.6 Å². The fourth-order valence-electron chi connectivity index (χ4n) is 4.10. The van der Waals surface area contributed by atoms with Gasteiger partial charge in [0.15, 0.2) is 0 Å². The molecule has 1 aromatic heterocycles. The summed E-state index contributed by atoms with van der Waals surface area (Å²) in [5.41, 5.74) is 4.00. The highest BCUT2D eigenvalue weighted by molar-refractivity contribution is 6.14. The molecule has 6 heteroatoms. The predicted molar refractivity (Wildman–Crippen MR) is 112 cm³/mol. The molecule has 29 heavy (non-hydrogen) atoms. The van der Waals surface area contributed by atoms with Crippen LogP contribution in [0.15, 0.2) is 42.5 Å². The van der Waals surface area contributed by atoms with Gasteiger partial charge in [-0.15, -0.1) is 0 Å². The molecule has 1 fully saturated rings. The van der Waals surface area contributed by atoms with Crippen molar-refractivity contribution >= 4 is 28.4 Å². The lowest BCUT2D eigenvalue weighted by Gasteiger charge is -2.18. The molecule has 4 rings (SSSR count). The van der Waals surface area contributed by atoms with Gasteiger partial charge in [0.1, 0.15) is 11.5 Å². The maximum atomic E-state index is 14.0. The maximum Gasteiger partial charge on any atom is 0.270 e. The average Bonchev–Trinajstić information content (AvgIpc) is 3.23. The lowest BCUT2D eigenvalue weighted by Crippen LogP contribution is -2.31. The minimum atomic E-state index is -0.387. The summed E-state index contributed by atoms with van der Waals surface area (Å²) in [4.78, 5) is 27.2. The van der Waals surface area contributed by atoms with Crippen LogP contribution in [0.1, 0.15) is 34.5 Å². The monoisotopic (exact) mass is 393 g/mol. The molecule has 0 unspecified atom stereocenters. The molecule has 3 aromatic rings. The van der Waals surface area contributed by atoms with Crippen molar-refractivity contribution in [2.75, 3.05) is 18.0 Å². The number of nitrogens with zero attached hydrogens (tertiary/aromatic N) is 2. The zero-order chi connectivity index (χ0) is 20.5. The van der Waals surface area contributed by atoms with Crippen LogP contribution in [0, 0.1) is 12.7 Å². The molecule has 2 heterocycles. The van der Waals surface area contributed by atoms with Crippen molar-refractivity contribution in [2.45, 2.75) is 26.2 Å². The van der Waals surface area contributed by atoms with Gasteiger partial charge in [0.2, 0.25) is 5.91 Å². The summed E-state index contributed by atoms with van der Waals surface area (Å²) in [6.07, 6.45) is 1.90. The SMILES string of the molecule is Cc1ccccc1CCNC(=O)c1c(N2CCCC2=O)c2cc(F)ccc2n1C. The Bertz CT molecular complexity index is 1100. The number of anilines is 1. The van der Waals surface area contributed by atoms with Gasteiger partial charge in [0.05, 0.1) is 11.2 Å². The molecule has 0 aliphatic carbocycles. The fourth-order valence-corrected chi connectivity index (χ4v) is 4.10. The fraction of sp³-hybridized carbons (Fsp3) is 0.304. The van der Waals surface area contributed by atoms with Crippen molar-refractivity contribution in [2.24, 2.45) is 7.05 Å². The molecular weight excluding hydrogens is 369 g/mol. The summed E-state index contributed by atoms with van der Waals surface area (Å²) < 4.78 is 15.7. The summed E-state index contributed by atoms with van der Waals surface area (Å²) in [5, 5.41) is 3.57. The molecule has 150 valence electrons. The van der Waals surface area contributed by atoms with Crippen LogP contribution in [0.2, 0.25) is 0 Å². The third kappa shape index (κ3) is 3.50. The van der Waals surface area contributed by atoms with E-state index in [9.17, 15) is 14.0 Å². The van der Waals surface area contributed by atoms with Crippen LogP contribution < -0.4 is 10.2 Å². The van der Waals surface area contributed by atoms with Gasteiger partial charge >= 0.3 is 0 Å². The first kappa shape index (κ1) is 19.2. The second kappa shape index (κ2) is 7.70. The van der Waals surface area contributed by atoms with Gasteiger partial charge in [-0.25, -0.2) is 4.39 Å². The smallest absolute Gasteiger partial charge is 0.270 e. The molecule has 1 saturated heterocycles. The number of hydrogen-bond acceptors (Lipinski definition) is 2. The molecule has 0 bridgehead atoms. The highest BCUT2D eigenvalue weighted by atomic mass is 19.1. The number of aromatic nitrogens is 1. The van der Waals surface area contributed by atoms with E-state index in [0.29, 0.717) is 36.3 Å². The Morgan fingerprint density at radius 2 is 2.00 bits per heavy atom. The van der Waals surface area contributed by atoms with Crippen LogP contribution in [0.5, 0.6) is 0 Å². The molecule has 0 radical (unpaired) electrons. The van der Waals surface area contributed by atoms with Crippen LogP contribution in [-0.2, 0) is 18.3 Å². The van der Waals surface area contributed by atoms with E-state index in [1.807, 2.05) is 25.1 Å². The topological polar surface area (TPSA) is 54.3 Å². The standard InChI is InChI=1S/C23H24FN3O2/c1-15-6-3-4-7-16(15)11-12-25-23(29)22-21(27-13-5-8-20(27)28)18-14-17(24)9-10-19(18)26(22)2/h3-4,6-7,9-10,14H,5,8,11-13H2,1-2H3,(H,25,29). The number of rotatable bonds is 5. The Kier molecular flexibility index (Phi) is 5.09. The highest BCUT2D eigenvalue weighted by Gasteiger charge is 2.31. The third-order valence-corrected chi connectivity index (χ3v) is 5.63. The first-order chi connectivity index (χ1) is 14.0. The molecule has 0 spiro atoms. The van der Waals surface area contributed by atoms with Gasteiger partial charge in [-0.2, -0.15) is 0 Å². The van der Waals surface area contributed by atoms with Crippen LogP contribution >= 0.6 is 0 Å². The van der Waals surface area contributed by atoms with Gasteiger partial charge < -0.3 is 14.8 Å². The van der Waals surface area contributed by atoms with Gasteiger partial charge in [-0.3, -0.25) is 9.59 Å². The number of fused-ring (bicyclic) bond motifs is 1. The van der Waals surface area contributed by atoms with Gasteiger partial charge in [0, 0.05) is 31.9 Å². The van der Waals surface area contributed by atoms with Gasteiger partial charge in [-0.05, 0) is 49.1 Å². The summed E-state index contributed by atoms with van der Waals surface area (Å²) in [7, 11) is 1.78. The quantitative estimate of drug-likeness (QED) is 0.718. The average molecular weight is 393 g/mol. The number of halogens is 1. The number of carbonyl (C=O) groups is 2. The van der Waals surface area contributed by atoms with E-state index in [0.717, 1.165) is 18.4 Å². The Morgan fingerprint density at radius 1 is 1.21 bits per heavy atom. The van der Waals surface area contributed by atoms with E-state index in [4.69, 9.17) is 0 Å². The first-order valence-corrected chi connectivity index (χ1v) is 9.88. The second-order valence-corrected chi connectivity index (χ2v) is 7.50. The number of hydrogen-bond donors (Lipinski definition) is 1. The lowest BCUT2D eigenvalue weighted by molar-refractivity contribution is -0.117. The first-order valence-electron chi connectivity index (χ1n) is 9.88. The van der Waals surface area contributed by atoms with Gasteiger partial charge in [-0.1, -0.05) is 24.3 Å². The van der Waals surface area contributed by atoms with Crippen molar-refractivity contribution in [1.82, 2.24) is 9.88 Å². The number of nitrogens with one attached hydrogen (secondary N) is 1. The maximum absolute atomic E-state index is 14.0. The van der Waals surface area contributed by atoms with Crippen molar-refractivity contribution in [1.29, 1.82) is 0 Å². The van der Waals surface area contributed by atoms with Crippen LogP contribution in [0.4, 0.5) is 10.1 Å². The normalized spacial score (nSPS) is 14.0. The number of amides is 2. The van der Waals surface area contributed by atoms with E-state index >= 15 is 0 Å². The number of aryl methyl sites for hydroxylation is 2. The van der Waals surface area contributed by atoms with E-state index in [1.165, 1.54) is 23.3 Å². The minimum absolute atomic E-state index is 0.0317. The molecule has 5 nitrogen and oxygen atoms in total. The van der Waals surface area contributed by atoms with Crippen molar-refractivity contribution in [3.8, 4) is 0 Å². The minimum Gasteiger partial charge on any atom is -0.350 e. The van der Waals surface area contributed by atoms with Crippen molar-refractivity contribution < 1.29 is 14.0 Å². The second-order valence-electron chi connectivity index (χ2n) is 7.50. The zero-order valence-electron chi connectivity index (χ0n) is 16.7. The summed E-state index contributed by atoms with van der Waals surface area (Å²) >= 11 is 0. The third-order valence-electron chi connectivity index (χ3n) is 5.63. The van der Waals surface area contributed by atoms with Crippen LogP contribution in [-0.4, -0.2) is 29.5 Å².